The highest BCUT2D eigenvalue weighted by atomic mass is 32.2. The number of carbonyl (C=O) groups excluding carboxylic acids is 2. The molecule has 0 aromatic heterocycles. The summed E-state index contributed by atoms with van der Waals surface area (Å²) < 4.78 is 26.7. The number of nitrogens with one attached hydrogen (secondary N) is 1. The summed E-state index contributed by atoms with van der Waals surface area (Å²) in [6.45, 7) is 8.89. The lowest BCUT2D eigenvalue weighted by Crippen LogP contribution is -2.50. The van der Waals surface area contributed by atoms with Crippen LogP contribution in [0.25, 0.3) is 0 Å². The van der Waals surface area contributed by atoms with Crippen molar-refractivity contribution < 1.29 is 18.0 Å². The molecule has 8 heteroatoms. The van der Waals surface area contributed by atoms with Crippen molar-refractivity contribution in [3.63, 3.8) is 0 Å². The molecule has 7 nitrogen and oxygen atoms in total. The first kappa shape index (κ1) is 31.9. The largest absolute Gasteiger partial charge is 0.354 e. The van der Waals surface area contributed by atoms with Crippen LogP contribution in [0.1, 0.15) is 54.0 Å². The van der Waals surface area contributed by atoms with Gasteiger partial charge in [0.2, 0.25) is 21.8 Å². The molecule has 1 atom stereocenters. The third-order valence-electron chi connectivity index (χ3n) is 7.22. The summed E-state index contributed by atoms with van der Waals surface area (Å²) in [5.41, 5.74) is 5.66. The van der Waals surface area contributed by atoms with Gasteiger partial charge in [0.25, 0.3) is 0 Å². The molecule has 0 saturated carbocycles. The minimum Gasteiger partial charge on any atom is -0.354 e. The maximum atomic E-state index is 13.9. The number of carbonyl (C=O) groups is 2. The van der Waals surface area contributed by atoms with Crippen molar-refractivity contribution in [2.45, 2.75) is 66.0 Å². The normalized spacial score (nSPS) is 12.0. The number of benzene rings is 3. The van der Waals surface area contributed by atoms with E-state index in [-0.39, 0.29) is 31.3 Å². The van der Waals surface area contributed by atoms with Gasteiger partial charge in [0, 0.05) is 32.5 Å². The highest BCUT2D eigenvalue weighted by Crippen LogP contribution is 2.23. The van der Waals surface area contributed by atoms with Gasteiger partial charge in [-0.05, 0) is 68.0 Å². The van der Waals surface area contributed by atoms with Crippen molar-refractivity contribution in [2.24, 2.45) is 0 Å². The Morgan fingerprint density at radius 3 is 2.17 bits per heavy atom. The predicted molar refractivity (Wildman–Crippen MR) is 166 cm³/mol. The number of amides is 2. The minimum absolute atomic E-state index is 0.106. The van der Waals surface area contributed by atoms with Crippen LogP contribution in [0.3, 0.4) is 0 Å². The number of hydrogen-bond donors (Lipinski definition) is 1. The van der Waals surface area contributed by atoms with Crippen molar-refractivity contribution in [3.8, 4) is 0 Å². The third-order valence-corrected chi connectivity index (χ3v) is 8.42. The smallest absolute Gasteiger partial charge is 0.243 e. The van der Waals surface area contributed by atoms with Crippen LogP contribution in [-0.4, -0.2) is 50.5 Å². The van der Waals surface area contributed by atoms with Gasteiger partial charge >= 0.3 is 0 Å². The predicted octanol–water partition coefficient (Wildman–Crippen LogP) is 5.32. The zero-order chi connectivity index (χ0) is 30.0. The van der Waals surface area contributed by atoms with E-state index in [1.807, 2.05) is 94.4 Å². The van der Waals surface area contributed by atoms with Gasteiger partial charge in [0.05, 0.1) is 11.9 Å². The number of sulfonamides is 1. The van der Waals surface area contributed by atoms with E-state index in [2.05, 4.69) is 5.32 Å². The second-order valence-corrected chi connectivity index (χ2v) is 12.6. The van der Waals surface area contributed by atoms with E-state index in [1.54, 1.807) is 11.0 Å². The minimum atomic E-state index is -3.55. The van der Waals surface area contributed by atoms with Crippen molar-refractivity contribution in [1.82, 2.24) is 10.2 Å². The van der Waals surface area contributed by atoms with Gasteiger partial charge in [-0.25, -0.2) is 8.42 Å². The zero-order valence-electron chi connectivity index (χ0n) is 24.9. The Bertz CT molecular complexity index is 1410. The lowest BCUT2D eigenvalue weighted by molar-refractivity contribution is -0.141. The summed E-state index contributed by atoms with van der Waals surface area (Å²) in [4.78, 5) is 29.0. The molecule has 0 saturated heterocycles. The average molecular weight is 578 g/mol. The monoisotopic (exact) mass is 577 g/mol. The number of anilines is 1. The Morgan fingerprint density at radius 1 is 0.878 bits per heavy atom. The van der Waals surface area contributed by atoms with Gasteiger partial charge in [-0.1, -0.05) is 73.2 Å². The van der Waals surface area contributed by atoms with Crippen LogP contribution in [0.5, 0.6) is 0 Å². The van der Waals surface area contributed by atoms with Crippen LogP contribution in [0.15, 0.2) is 72.8 Å². The van der Waals surface area contributed by atoms with Gasteiger partial charge in [0.1, 0.15) is 6.04 Å². The molecule has 0 heterocycles. The van der Waals surface area contributed by atoms with Crippen LogP contribution in [0, 0.1) is 20.8 Å². The first-order valence-corrected chi connectivity index (χ1v) is 16.1. The van der Waals surface area contributed by atoms with E-state index < -0.39 is 16.1 Å². The maximum absolute atomic E-state index is 13.9. The molecule has 3 aromatic carbocycles. The lowest BCUT2D eigenvalue weighted by atomic mass is 10.0. The highest BCUT2D eigenvalue weighted by molar-refractivity contribution is 7.92. The fourth-order valence-corrected chi connectivity index (χ4v) is 5.65. The fourth-order valence-electron chi connectivity index (χ4n) is 4.69. The van der Waals surface area contributed by atoms with E-state index in [0.29, 0.717) is 25.1 Å². The zero-order valence-corrected chi connectivity index (χ0v) is 25.7. The van der Waals surface area contributed by atoms with Gasteiger partial charge in [-0.3, -0.25) is 13.9 Å². The maximum Gasteiger partial charge on any atom is 0.243 e. The van der Waals surface area contributed by atoms with Crippen LogP contribution in [0.4, 0.5) is 5.69 Å². The van der Waals surface area contributed by atoms with Crippen molar-refractivity contribution >= 4 is 27.5 Å². The van der Waals surface area contributed by atoms with E-state index >= 15 is 0 Å². The summed E-state index contributed by atoms with van der Waals surface area (Å²) in [7, 11) is -3.55. The molecule has 220 valence electrons. The quantitative estimate of drug-likeness (QED) is 0.281. The average Bonchev–Trinajstić information content (AvgIpc) is 2.94. The highest BCUT2D eigenvalue weighted by Gasteiger charge is 2.30. The molecule has 0 bridgehead atoms. The molecule has 0 aliphatic heterocycles. The van der Waals surface area contributed by atoms with Crippen molar-refractivity contribution in [1.29, 1.82) is 0 Å². The Morgan fingerprint density at radius 2 is 1.56 bits per heavy atom. The number of hydrogen-bond acceptors (Lipinski definition) is 4. The second-order valence-electron chi connectivity index (χ2n) is 10.7. The van der Waals surface area contributed by atoms with Gasteiger partial charge < -0.3 is 10.2 Å². The molecule has 3 aromatic rings. The molecule has 41 heavy (non-hydrogen) atoms. The fraction of sp³-hybridized carbons (Fsp3) is 0.394. The van der Waals surface area contributed by atoms with Gasteiger partial charge in [-0.2, -0.15) is 0 Å². The molecule has 0 aliphatic carbocycles. The van der Waals surface area contributed by atoms with Gasteiger partial charge in [-0.15, -0.1) is 0 Å². The first-order valence-electron chi connectivity index (χ1n) is 14.2. The SMILES string of the molecule is CCCNC(=O)C(Cc1ccccc1)N(Cc1ccc(C)cc1)C(=O)CCCN(c1ccc(C)c(C)c1)S(C)(=O)=O. The Kier molecular flexibility index (Phi) is 11.5. The van der Waals surface area contributed by atoms with Crippen LogP contribution in [-0.2, 0) is 32.6 Å². The molecular formula is C33H43N3O4S. The summed E-state index contributed by atoms with van der Waals surface area (Å²) in [6, 6.07) is 22.5. The molecule has 2 amide bonds. The molecule has 0 aliphatic rings. The van der Waals surface area contributed by atoms with E-state index in [0.717, 1.165) is 34.2 Å². The molecular weight excluding hydrogens is 534 g/mol. The van der Waals surface area contributed by atoms with Crippen LogP contribution in [0.2, 0.25) is 0 Å². The molecule has 1 N–H and O–H groups in total. The number of rotatable bonds is 14. The van der Waals surface area contributed by atoms with Crippen molar-refractivity contribution in [3.05, 3.63) is 101 Å². The topological polar surface area (TPSA) is 86.8 Å². The lowest BCUT2D eigenvalue weighted by Gasteiger charge is -2.32. The standard InChI is InChI=1S/C33H43N3O4S/c1-6-20-34-33(38)31(23-28-11-8-7-9-12-28)35(24-29-17-14-25(2)15-18-29)32(37)13-10-21-36(41(5,39)40)30-19-16-26(3)27(4)22-30/h7-9,11-12,14-19,22,31H,6,10,13,20-21,23-24H2,1-5H3,(H,34,38). The number of aryl methyl sites for hydroxylation is 3. The van der Waals surface area contributed by atoms with Crippen LogP contribution >= 0.6 is 0 Å². The third kappa shape index (κ3) is 9.46. The van der Waals surface area contributed by atoms with Crippen LogP contribution < -0.4 is 9.62 Å². The van der Waals surface area contributed by atoms with E-state index in [1.165, 1.54) is 10.6 Å². The summed E-state index contributed by atoms with van der Waals surface area (Å²) in [6.07, 6.45) is 2.77. The Labute approximate surface area is 245 Å². The Hall–Kier alpha value is -3.65. The molecule has 1 unspecified atom stereocenters. The first-order chi connectivity index (χ1) is 19.5. The molecule has 0 radical (unpaired) electrons. The summed E-state index contributed by atoms with van der Waals surface area (Å²) in [5, 5.41) is 2.99. The second kappa shape index (κ2) is 14.8. The van der Waals surface area contributed by atoms with Gasteiger partial charge in [0.15, 0.2) is 0 Å². The Balaban J connectivity index is 1.87. The molecule has 0 spiro atoms. The van der Waals surface area contributed by atoms with E-state index in [9.17, 15) is 18.0 Å². The summed E-state index contributed by atoms with van der Waals surface area (Å²) >= 11 is 0. The molecule has 3 rings (SSSR count). The van der Waals surface area contributed by atoms with Crippen molar-refractivity contribution in [2.75, 3.05) is 23.7 Å². The summed E-state index contributed by atoms with van der Waals surface area (Å²) in [5.74, 6) is -0.379. The number of nitrogens with zero attached hydrogens (tertiary/aromatic N) is 2. The van der Waals surface area contributed by atoms with E-state index in [4.69, 9.17) is 0 Å². The molecule has 0 fully saturated rings.